The topological polar surface area (TPSA) is 81.4 Å². The molecule has 4 aromatic rings. The molecule has 204 valence electrons. The van der Waals surface area contributed by atoms with Crippen LogP contribution < -0.4 is 19.1 Å². The molecule has 0 N–H and O–H groups in total. The Hall–Kier alpha value is -4.27. The molecule has 1 saturated heterocycles. The normalized spacial score (nSPS) is 13.6. The van der Waals surface area contributed by atoms with Gasteiger partial charge in [-0.15, -0.1) is 0 Å². The van der Waals surface area contributed by atoms with E-state index >= 15 is 0 Å². The summed E-state index contributed by atoms with van der Waals surface area (Å²) >= 11 is 0. The van der Waals surface area contributed by atoms with Gasteiger partial charge in [-0.05, 0) is 50.1 Å². The number of benzene rings is 2. The van der Waals surface area contributed by atoms with E-state index < -0.39 is 0 Å². The predicted octanol–water partition coefficient (Wildman–Crippen LogP) is 4.32. The molecule has 1 aliphatic rings. The highest BCUT2D eigenvalue weighted by Crippen LogP contribution is 2.33. The van der Waals surface area contributed by atoms with Crippen molar-refractivity contribution in [2.45, 2.75) is 26.7 Å². The van der Waals surface area contributed by atoms with Gasteiger partial charge in [0.05, 0.1) is 27.0 Å². The van der Waals surface area contributed by atoms with Crippen molar-refractivity contribution in [3.63, 3.8) is 0 Å². The number of nitrogens with zero attached hydrogens (tertiary/aromatic N) is 5. The first-order chi connectivity index (χ1) is 18.9. The predicted molar refractivity (Wildman–Crippen MR) is 151 cm³/mol. The fraction of sp³-hybridized carbons (Fsp3) is 0.367. The van der Waals surface area contributed by atoms with Crippen molar-refractivity contribution in [3.05, 3.63) is 65.5 Å². The summed E-state index contributed by atoms with van der Waals surface area (Å²) in [4.78, 5) is 22.2. The van der Waals surface area contributed by atoms with Crippen LogP contribution in [0.1, 0.15) is 23.4 Å². The summed E-state index contributed by atoms with van der Waals surface area (Å²) in [6, 6.07) is 15.7. The number of amides is 1. The third-order valence-electron chi connectivity index (χ3n) is 7.49. The molecular formula is C30H35N5O4. The van der Waals surface area contributed by atoms with Crippen molar-refractivity contribution in [2.75, 3.05) is 52.4 Å². The van der Waals surface area contributed by atoms with E-state index in [1.807, 2.05) is 65.7 Å². The molecule has 0 radical (unpaired) electrons. The van der Waals surface area contributed by atoms with Gasteiger partial charge in [-0.1, -0.05) is 6.07 Å². The van der Waals surface area contributed by atoms with Crippen molar-refractivity contribution in [1.82, 2.24) is 19.5 Å². The van der Waals surface area contributed by atoms with Gasteiger partial charge >= 0.3 is 0 Å². The molecule has 9 heteroatoms. The Balaban J connectivity index is 1.27. The minimum absolute atomic E-state index is 0.170. The first-order valence-electron chi connectivity index (χ1n) is 13.2. The lowest BCUT2D eigenvalue weighted by Gasteiger charge is -2.36. The van der Waals surface area contributed by atoms with E-state index in [-0.39, 0.29) is 5.91 Å². The van der Waals surface area contributed by atoms with Crippen LogP contribution in [0.4, 0.5) is 5.69 Å². The fourth-order valence-corrected chi connectivity index (χ4v) is 5.24. The van der Waals surface area contributed by atoms with Crippen LogP contribution in [-0.2, 0) is 11.2 Å². The van der Waals surface area contributed by atoms with E-state index in [1.165, 1.54) is 0 Å². The zero-order chi connectivity index (χ0) is 27.5. The van der Waals surface area contributed by atoms with Crippen molar-refractivity contribution in [3.8, 4) is 28.5 Å². The Labute approximate surface area is 228 Å². The lowest BCUT2D eigenvalue weighted by atomic mass is 10.1. The van der Waals surface area contributed by atoms with Crippen LogP contribution in [0, 0.1) is 13.8 Å². The second-order valence-corrected chi connectivity index (χ2v) is 9.70. The molecule has 3 heterocycles. The molecule has 0 atom stereocenters. The molecule has 0 bridgehead atoms. The maximum atomic E-state index is 13.1. The molecule has 1 amide bonds. The van der Waals surface area contributed by atoms with Crippen LogP contribution in [0.3, 0.4) is 0 Å². The van der Waals surface area contributed by atoms with Gasteiger partial charge in [0.25, 0.3) is 0 Å². The summed E-state index contributed by atoms with van der Waals surface area (Å²) in [7, 11) is 4.94. The molecule has 5 rings (SSSR count). The Morgan fingerprint density at radius 1 is 0.897 bits per heavy atom. The highest BCUT2D eigenvalue weighted by atomic mass is 16.5. The van der Waals surface area contributed by atoms with Crippen LogP contribution in [0.25, 0.3) is 16.9 Å². The van der Waals surface area contributed by atoms with E-state index in [2.05, 4.69) is 11.0 Å². The molecule has 39 heavy (non-hydrogen) atoms. The summed E-state index contributed by atoms with van der Waals surface area (Å²) < 4.78 is 18.1. The lowest BCUT2D eigenvalue weighted by molar-refractivity contribution is -0.131. The van der Waals surface area contributed by atoms with Crippen molar-refractivity contribution in [1.29, 1.82) is 0 Å². The zero-order valence-electron chi connectivity index (χ0n) is 23.2. The number of fused-ring (bicyclic) bond motifs is 1. The molecule has 2 aromatic carbocycles. The minimum atomic E-state index is 0.170. The second kappa shape index (κ2) is 11.2. The lowest BCUT2D eigenvalue weighted by Crippen LogP contribution is -2.48. The van der Waals surface area contributed by atoms with Gasteiger partial charge in [0.2, 0.25) is 5.91 Å². The number of carbonyl (C=O) groups excluding carboxylic acids is 1. The number of aromatic nitrogens is 3. The second-order valence-electron chi connectivity index (χ2n) is 9.70. The van der Waals surface area contributed by atoms with Gasteiger partial charge in [0, 0.05) is 73.4 Å². The van der Waals surface area contributed by atoms with Crippen molar-refractivity contribution in [2.24, 2.45) is 0 Å². The third-order valence-corrected chi connectivity index (χ3v) is 7.49. The number of piperazine rings is 1. The van der Waals surface area contributed by atoms with Gasteiger partial charge in [-0.3, -0.25) is 4.79 Å². The van der Waals surface area contributed by atoms with Gasteiger partial charge in [0.15, 0.2) is 5.65 Å². The average molecular weight is 530 g/mol. The first-order valence-corrected chi connectivity index (χ1v) is 13.2. The zero-order valence-corrected chi connectivity index (χ0v) is 23.2. The summed E-state index contributed by atoms with van der Waals surface area (Å²) in [5.41, 5.74) is 6.50. The number of anilines is 1. The summed E-state index contributed by atoms with van der Waals surface area (Å²) in [5.74, 6) is 2.42. The maximum Gasteiger partial charge on any atom is 0.223 e. The summed E-state index contributed by atoms with van der Waals surface area (Å²) in [6.07, 6.45) is 1.06. The van der Waals surface area contributed by atoms with E-state index in [0.29, 0.717) is 31.7 Å². The largest absolute Gasteiger partial charge is 0.497 e. The highest BCUT2D eigenvalue weighted by Gasteiger charge is 2.23. The molecule has 0 saturated carbocycles. The number of carbonyl (C=O) groups is 1. The molecule has 0 spiro atoms. The standard InChI is InChI=1S/C30H35N5O4/c1-20-25(11-12-30(36)34-15-13-33(14-16-34)22-7-6-8-23(17-22)37-3)21(2)35-29(31-20)19-27(32-35)26-10-9-24(38-4)18-28(26)39-5/h6-10,17-19H,11-16H2,1-5H3. The number of hydrogen-bond donors (Lipinski definition) is 0. The Morgan fingerprint density at radius 2 is 1.64 bits per heavy atom. The van der Waals surface area contributed by atoms with Crippen molar-refractivity contribution >= 4 is 17.2 Å². The van der Waals surface area contributed by atoms with Gasteiger partial charge in [-0.25, -0.2) is 9.50 Å². The van der Waals surface area contributed by atoms with Crippen LogP contribution in [0.5, 0.6) is 17.2 Å². The molecule has 1 aliphatic heterocycles. The number of aryl methyl sites for hydroxylation is 2. The smallest absolute Gasteiger partial charge is 0.223 e. The van der Waals surface area contributed by atoms with Gasteiger partial charge < -0.3 is 24.0 Å². The molecule has 0 unspecified atom stereocenters. The molecule has 0 aliphatic carbocycles. The number of ether oxygens (including phenoxy) is 3. The monoisotopic (exact) mass is 529 g/mol. The molecule has 2 aromatic heterocycles. The number of hydrogen-bond acceptors (Lipinski definition) is 7. The van der Waals surface area contributed by atoms with E-state index in [1.54, 1.807) is 21.3 Å². The van der Waals surface area contributed by atoms with E-state index in [4.69, 9.17) is 24.3 Å². The molecule has 9 nitrogen and oxygen atoms in total. The Bertz CT molecular complexity index is 1490. The van der Waals surface area contributed by atoms with Crippen LogP contribution >= 0.6 is 0 Å². The Kier molecular flexibility index (Phi) is 7.58. The minimum Gasteiger partial charge on any atom is -0.497 e. The maximum absolute atomic E-state index is 13.1. The number of methoxy groups -OCH3 is 3. The Morgan fingerprint density at radius 3 is 2.36 bits per heavy atom. The highest BCUT2D eigenvalue weighted by molar-refractivity contribution is 5.77. The van der Waals surface area contributed by atoms with Crippen LogP contribution in [-0.4, -0.2) is 72.9 Å². The van der Waals surface area contributed by atoms with Gasteiger partial charge in [-0.2, -0.15) is 5.10 Å². The first kappa shape index (κ1) is 26.3. The quantitative estimate of drug-likeness (QED) is 0.336. The van der Waals surface area contributed by atoms with Gasteiger partial charge in [0.1, 0.15) is 17.2 Å². The van der Waals surface area contributed by atoms with E-state index in [9.17, 15) is 4.79 Å². The average Bonchev–Trinajstić information content (AvgIpc) is 3.40. The van der Waals surface area contributed by atoms with Crippen LogP contribution in [0.2, 0.25) is 0 Å². The van der Waals surface area contributed by atoms with E-state index in [0.717, 1.165) is 64.1 Å². The van der Waals surface area contributed by atoms with Crippen molar-refractivity contribution < 1.29 is 19.0 Å². The third kappa shape index (κ3) is 5.34. The van der Waals surface area contributed by atoms with Crippen LogP contribution in [0.15, 0.2) is 48.5 Å². The summed E-state index contributed by atoms with van der Waals surface area (Å²) in [6.45, 7) is 7.05. The summed E-state index contributed by atoms with van der Waals surface area (Å²) in [5, 5.41) is 4.84. The number of rotatable bonds is 8. The molecule has 1 fully saturated rings. The molecular weight excluding hydrogens is 494 g/mol. The fourth-order valence-electron chi connectivity index (χ4n) is 5.24. The SMILES string of the molecule is COc1cccc(N2CCN(C(=O)CCc3c(C)nc4cc(-c5ccc(OC)cc5OC)nn4c3C)CC2)c1.